The average molecular weight is 503 g/mol. The van der Waals surface area contributed by atoms with Crippen LogP contribution in [0.2, 0.25) is 0 Å². The van der Waals surface area contributed by atoms with Crippen LogP contribution in [0.25, 0.3) is 0 Å². The van der Waals surface area contributed by atoms with Crippen LogP contribution in [0, 0.1) is 23.1 Å². The highest BCUT2D eigenvalue weighted by atomic mass is 35.5. The smallest absolute Gasteiger partial charge is 0.123 e. The minimum Gasteiger partial charge on any atom is -0.412 e. The van der Waals surface area contributed by atoms with Gasteiger partial charge in [0.1, 0.15) is 5.82 Å². The third-order valence-electron chi connectivity index (χ3n) is 6.78. The lowest BCUT2D eigenvalue weighted by Gasteiger charge is -2.46. The summed E-state index contributed by atoms with van der Waals surface area (Å²) in [6.07, 6.45) is 9.86. The molecule has 0 saturated carbocycles. The second kappa shape index (κ2) is 15.7. The molecule has 1 aromatic rings. The summed E-state index contributed by atoms with van der Waals surface area (Å²) >= 11 is 6.23. The second-order valence-electron chi connectivity index (χ2n) is 10.1. The molecule has 5 nitrogen and oxygen atoms in total. The summed E-state index contributed by atoms with van der Waals surface area (Å²) < 4.78 is 13.1. The maximum absolute atomic E-state index is 13.1. The number of allylic oxidation sites excluding steroid dienone is 4. The van der Waals surface area contributed by atoms with Crippen molar-refractivity contribution in [3.63, 3.8) is 0 Å². The maximum Gasteiger partial charge on any atom is 0.123 e. The topological polar surface area (TPSA) is 110 Å². The van der Waals surface area contributed by atoms with Gasteiger partial charge >= 0.3 is 0 Å². The van der Waals surface area contributed by atoms with Crippen LogP contribution in [0.1, 0.15) is 53.5 Å². The minimum absolute atomic E-state index is 0. The fraction of sp³-hybridized carbons (Fsp3) is 0.630. The predicted molar refractivity (Wildman–Crippen MR) is 144 cm³/mol. The van der Waals surface area contributed by atoms with Gasteiger partial charge in [0.15, 0.2) is 0 Å². The van der Waals surface area contributed by atoms with Crippen LogP contribution in [0.5, 0.6) is 0 Å². The van der Waals surface area contributed by atoms with Gasteiger partial charge in [-0.25, -0.2) is 4.39 Å². The van der Waals surface area contributed by atoms with Gasteiger partial charge in [-0.15, -0.1) is 11.6 Å². The zero-order valence-electron chi connectivity index (χ0n) is 20.5. The van der Waals surface area contributed by atoms with Gasteiger partial charge in [0.25, 0.3) is 0 Å². The van der Waals surface area contributed by atoms with E-state index in [0.717, 1.165) is 39.0 Å². The number of benzene rings is 1. The van der Waals surface area contributed by atoms with Gasteiger partial charge in [-0.1, -0.05) is 65.5 Å². The predicted octanol–water partition coefficient (Wildman–Crippen LogP) is 3.99. The molecule has 1 aliphatic heterocycles. The highest BCUT2D eigenvalue weighted by molar-refractivity contribution is 6.22. The summed E-state index contributed by atoms with van der Waals surface area (Å²) in [6.45, 7) is 13.7. The fourth-order valence-corrected chi connectivity index (χ4v) is 5.11. The van der Waals surface area contributed by atoms with E-state index in [9.17, 15) is 4.39 Å². The van der Waals surface area contributed by atoms with Crippen LogP contribution in [0.3, 0.4) is 0 Å². The third-order valence-corrected chi connectivity index (χ3v) is 7.10. The first-order chi connectivity index (χ1) is 14.2. The van der Waals surface area contributed by atoms with Crippen molar-refractivity contribution < 1.29 is 20.8 Å². The quantitative estimate of drug-likeness (QED) is 0.542. The van der Waals surface area contributed by atoms with Crippen LogP contribution in [-0.2, 0) is 6.42 Å². The van der Waals surface area contributed by atoms with Gasteiger partial charge in [-0.2, -0.15) is 0 Å². The molecule has 34 heavy (non-hydrogen) atoms. The van der Waals surface area contributed by atoms with Crippen molar-refractivity contribution in [2.75, 3.05) is 26.2 Å². The Kier molecular flexibility index (Phi) is 16.1. The molecule has 0 amide bonds. The number of nitrogens with one attached hydrogen (secondary N) is 1. The van der Waals surface area contributed by atoms with E-state index in [-0.39, 0.29) is 40.5 Å². The second-order valence-corrected chi connectivity index (χ2v) is 10.6. The Morgan fingerprint density at radius 3 is 2.32 bits per heavy atom. The molecular formula is C27H48ClFN2O3. The molecule has 1 heterocycles. The van der Waals surface area contributed by atoms with Crippen LogP contribution >= 0.6 is 11.6 Å². The van der Waals surface area contributed by atoms with Gasteiger partial charge in [-0.3, -0.25) is 0 Å². The lowest BCUT2D eigenvalue weighted by Crippen LogP contribution is -2.52. The van der Waals surface area contributed by atoms with E-state index >= 15 is 0 Å². The zero-order valence-corrected chi connectivity index (χ0v) is 21.3. The SMILES string of the molecule is C.CC(C)[C@H](CN1CC[C@H](C2=CCC(Cl)C=C2)C(C)(C)C1)NCCc1ccc(F)cc1.O.O.O. The number of piperidine rings is 1. The van der Waals surface area contributed by atoms with Crippen LogP contribution in [-0.4, -0.2) is 58.9 Å². The van der Waals surface area contributed by atoms with Crippen molar-refractivity contribution in [2.24, 2.45) is 17.3 Å². The lowest BCUT2D eigenvalue weighted by atomic mass is 9.69. The molecule has 3 atom stereocenters. The summed E-state index contributed by atoms with van der Waals surface area (Å²) in [7, 11) is 0. The van der Waals surface area contributed by atoms with Gasteiger partial charge in [-0.05, 0) is 72.9 Å². The van der Waals surface area contributed by atoms with E-state index in [2.05, 4.69) is 56.1 Å². The fourth-order valence-electron chi connectivity index (χ4n) is 4.95. The molecule has 0 bridgehead atoms. The molecule has 1 aromatic carbocycles. The van der Waals surface area contributed by atoms with Crippen molar-refractivity contribution in [3.8, 4) is 0 Å². The highest BCUT2D eigenvalue weighted by Gasteiger charge is 2.38. The van der Waals surface area contributed by atoms with E-state index in [1.54, 1.807) is 12.1 Å². The first-order valence-electron chi connectivity index (χ1n) is 11.5. The van der Waals surface area contributed by atoms with Gasteiger partial charge in [0.2, 0.25) is 0 Å². The van der Waals surface area contributed by atoms with Crippen molar-refractivity contribution in [1.82, 2.24) is 10.2 Å². The Balaban J connectivity index is 0. The number of hydrogen-bond acceptors (Lipinski definition) is 2. The Morgan fingerprint density at radius 2 is 1.79 bits per heavy atom. The van der Waals surface area contributed by atoms with Gasteiger partial charge < -0.3 is 26.6 Å². The largest absolute Gasteiger partial charge is 0.412 e. The van der Waals surface area contributed by atoms with Gasteiger partial charge in [0, 0.05) is 19.1 Å². The molecule has 7 heteroatoms. The van der Waals surface area contributed by atoms with Gasteiger partial charge in [0.05, 0.1) is 5.38 Å². The first kappa shape index (κ1) is 34.9. The van der Waals surface area contributed by atoms with E-state index in [1.807, 2.05) is 12.1 Å². The molecule has 0 aromatic heterocycles. The van der Waals surface area contributed by atoms with Crippen molar-refractivity contribution >= 4 is 11.6 Å². The number of hydrogen-bond donors (Lipinski definition) is 1. The monoisotopic (exact) mass is 502 g/mol. The number of nitrogens with zero attached hydrogens (tertiary/aromatic N) is 1. The third kappa shape index (κ3) is 9.76. The van der Waals surface area contributed by atoms with Crippen LogP contribution in [0.4, 0.5) is 4.39 Å². The van der Waals surface area contributed by atoms with E-state index in [4.69, 9.17) is 11.6 Å². The standard InChI is InChI=1S/C26H38ClFN2.CH4.3H2O/c1-19(2)25(29-15-13-20-5-11-23(28)12-6-20)17-30-16-14-24(26(3,4)18-30)21-7-9-22(27)10-8-21;;;;/h5-9,11-12,19,22,24-25,29H,10,13-18H2,1-4H3;1H4;3*1H2/t22?,24-,25+;;;;/m1..../s1. The van der Waals surface area contributed by atoms with Crippen molar-refractivity contribution in [2.45, 2.75) is 65.8 Å². The molecule has 198 valence electrons. The molecule has 0 radical (unpaired) electrons. The van der Waals surface area contributed by atoms with E-state index in [1.165, 1.54) is 17.6 Å². The molecular weight excluding hydrogens is 455 g/mol. The highest BCUT2D eigenvalue weighted by Crippen LogP contribution is 2.41. The van der Waals surface area contributed by atoms with E-state index < -0.39 is 0 Å². The maximum atomic E-state index is 13.1. The minimum atomic E-state index is -0.167. The molecule has 7 N–H and O–H groups in total. The molecule has 2 aliphatic rings. The van der Waals surface area contributed by atoms with Crippen LogP contribution < -0.4 is 5.32 Å². The van der Waals surface area contributed by atoms with Crippen molar-refractivity contribution in [3.05, 3.63) is 59.4 Å². The Bertz CT molecular complexity index is 753. The lowest BCUT2D eigenvalue weighted by molar-refractivity contribution is 0.0633. The summed E-state index contributed by atoms with van der Waals surface area (Å²) in [5.74, 6) is 1.02. The number of halogens is 2. The van der Waals surface area contributed by atoms with E-state index in [0.29, 0.717) is 17.9 Å². The Hall–Kier alpha value is -1.28. The molecule has 3 rings (SSSR count). The summed E-state index contributed by atoms with van der Waals surface area (Å²) in [5.41, 5.74) is 2.92. The molecule has 1 aliphatic carbocycles. The summed E-state index contributed by atoms with van der Waals surface area (Å²) in [6, 6.07) is 7.33. The summed E-state index contributed by atoms with van der Waals surface area (Å²) in [4.78, 5) is 2.64. The normalized spacial score (nSPS) is 22.4. The van der Waals surface area contributed by atoms with Crippen molar-refractivity contribution in [1.29, 1.82) is 0 Å². The number of likely N-dealkylation sites (tertiary alicyclic amines) is 1. The molecule has 1 saturated heterocycles. The number of alkyl halides is 1. The molecule has 1 fully saturated rings. The number of rotatable bonds is 8. The zero-order chi connectivity index (χ0) is 21.7. The van der Waals surface area contributed by atoms with Crippen LogP contribution in [0.15, 0.2) is 48.1 Å². The Labute approximate surface area is 211 Å². The molecule has 0 spiro atoms. The molecule has 1 unspecified atom stereocenters. The summed E-state index contributed by atoms with van der Waals surface area (Å²) in [5, 5.41) is 3.92. The average Bonchev–Trinajstić information content (AvgIpc) is 2.69. The Morgan fingerprint density at radius 1 is 1.15 bits per heavy atom. The first-order valence-corrected chi connectivity index (χ1v) is 11.9.